The number of aryl methyl sites for hydroxylation is 1. The fourth-order valence-electron chi connectivity index (χ4n) is 1.49. The molecule has 1 aromatic heterocycles. The van der Waals surface area contributed by atoms with Crippen molar-refractivity contribution in [1.29, 1.82) is 0 Å². The quantitative estimate of drug-likeness (QED) is 0.829. The molecule has 0 radical (unpaired) electrons. The molecule has 1 rings (SSSR count). The van der Waals surface area contributed by atoms with Gasteiger partial charge in [0.15, 0.2) is 0 Å². The van der Waals surface area contributed by atoms with E-state index in [4.69, 9.17) is 5.73 Å². The number of nitrogens with two attached hydrogens (primary N) is 1. The van der Waals surface area contributed by atoms with Crippen molar-refractivity contribution in [1.82, 2.24) is 5.32 Å². The van der Waals surface area contributed by atoms with Gasteiger partial charge in [0.2, 0.25) is 5.91 Å². The second-order valence-corrected chi connectivity index (χ2v) is 4.87. The lowest BCUT2D eigenvalue weighted by Gasteiger charge is -2.25. The van der Waals surface area contributed by atoms with Crippen molar-refractivity contribution >= 4 is 17.2 Å². The molecule has 0 aliphatic rings. The Morgan fingerprint density at radius 2 is 2.06 bits per heavy atom. The molecule has 3 N–H and O–H groups in total. The largest absolute Gasteiger partial charge is 0.350 e. The van der Waals surface area contributed by atoms with Crippen molar-refractivity contribution in [2.45, 2.75) is 45.7 Å². The van der Waals surface area contributed by atoms with Crippen molar-refractivity contribution in [3.05, 3.63) is 21.9 Å². The van der Waals surface area contributed by atoms with Gasteiger partial charge in [-0.25, -0.2) is 0 Å². The van der Waals surface area contributed by atoms with Gasteiger partial charge in [0.1, 0.15) is 0 Å². The molecule has 0 aliphatic carbocycles. The molecule has 0 aromatic carbocycles. The SMILES string of the molecule is CCC(N)(CC)C(=O)NCc1cscc1C. The summed E-state index contributed by atoms with van der Waals surface area (Å²) in [7, 11) is 0. The van der Waals surface area contributed by atoms with Gasteiger partial charge in [-0.05, 0) is 41.7 Å². The number of carbonyl (C=O) groups excluding carboxylic acids is 1. The van der Waals surface area contributed by atoms with Crippen molar-refractivity contribution in [2.24, 2.45) is 5.73 Å². The summed E-state index contributed by atoms with van der Waals surface area (Å²) in [6.45, 7) is 6.51. The van der Waals surface area contributed by atoms with Gasteiger partial charge < -0.3 is 11.1 Å². The molecular formula is C12H20N2OS. The van der Waals surface area contributed by atoms with Crippen LogP contribution in [0.5, 0.6) is 0 Å². The van der Waals surface area contributed by atoms with E-state index in [0.717, 1.165) is 0 Å². The van der Waals surface area contributed by atoms with Crippen LogP contribution in [-0.4, -0.2) is 11.4 Å². The molecule has 1 heterocycles. The third kappa shape index (κ3) is 2.83. The minimum Gasteiger partial charge on any atom is -0.350 e. The van der Waals surface area contributed by atoms with Crippen LogP contribution in [0.2, 0.25) is 0 Å². The second-order valence-electron chi connectivity index (χ2n) is 4.13. The lowest BCUT2D eigenvalue weighted by Crippen LogP contribution is -2.52. The zero-order valence-electron chi connectivity index (χ0n) is 10.2. The second kappa shape index (κ2) is 5.46. The van der Waals surface area contributed by atoms with Gasteiger partial charge in [0.05, 0.1) is 5.54 Å². The maximum absolute atomic E-state index is 11.9. The van der Waals surface area contributed by atoms with Gasteiger partial charge in [0, 0.05) is 6.54 Å². The predicted molar refractivity (Wildman–Crippen MR) is 68.4 cm³/mol. The Kier molecular flexibility index (Phi) is 4.50. The van der Waals surface area contributed by atoms with Crippen LogP contribution in [0.25, 0.3) is 0 Å². The molecule has 0 unspecified atom stereocenters. The molecule has 0 saturated heterocycles. The Balaban J connectivity index is 2.56. The summed E-state index contributed by atoms with van der Waals surface area (Å²) >= 11 is 1.65. The summed E-state index contributed by atoms with van der Waals surface area (Å²) in [5.74, 6) is -0.0527. The van der Waals surface area contributed by atoms with E-state index in [0.29, 0.717) is 19.4 Å². The lowest BCUT2D eigenvalue weighted by atomic mass is 9.93. The normalized spacial score (nSPS) is 11.5. The van der Waals surface area contributed by atoms with Crippen LogP contribution < -0.4 is 11.1 Å². The van der Waals surface area contributed by atoms with Crippen molar-refractivity contribution in [3.63, 3.8) is 0 Å². The highest BCUT2D eigenvalue weighted by Gasteiger charge is 2.29. The minimum absolute atomic E-state index is 0.0527. The van der Waals surface area contributed by atoms with E-state index < -0.39 is 5.54 Å². The monoisotopic (exact) mass is 240 g/mol. The Labute approximate surface area is 101 Å². The van der Waals surface area contributed by atoms with Crippen LogP contribution >= 0.6 is 11.3 Å². The van der Waals surface area contributed by atoms with Crippen molar-refractivity contribution < 1.29 is 4.79 Å². The number of hydrogen-bond acceptors (Lipinski definition) is 3. The first-order valence-corrected chi connectivity index (χ1v) is 6.56. The van der Waals surface area contributed by atoms with Crippen LogP contribution in [0, 0.1) is 6.92 Å². The molecule has 3 nitrogen and oxygen atoms in total. The molecule has 1 amide bonds. The summed E-state index contributed by atoms with van der Waals surface area (Å²) in [4.78, 5) is 11.9. The topological polar surface area (TPSA) is 55.1 Å². The van der Waals surface area contributed by atoms with E-state index in [9.17, 15) is 4.79 Å². The maximum atomic E-state index is 11.9. The summed E-state index contributed by atoms with van der Waals surface area (Å²) in [5.41, 5.74) is 7.69. The summed E-state index contributed by atoms with van der Waals surface area (Å²) in [6.07, 6.45) is 1.33. The summed E-state index contributed by atoms with van der Waals surface area (Å²) in [5, 5.41) is 7.05. The minimum atomic E-state index is -0.718. The first-order chi connectivity index (χ1) is 7.53. The van der Waals surface area contributed by atoms with E-state index in [2.05, 4.69) is 16.1 Å². The van der Waals surface area contributed by atoms with E-state index in [1.54, 1.807) is 11.3 Å². The Morgan fingerprint density at radius 1 is 1.44 bits per heavy atom. The third-order valence-electron chi connectivity index (χ3n) is 3.12. The molecule has 4 heteroatoms. The van der Waals surface area contributed by atoms with Gasteiger partial charge in [-0.3, -0.25) is 4.79 Å². The van der Waals surface area contributed by atoms with Gasteiger partial charge in [0.25, 0.3) is 0 Å². The Bertz CT molecular complexity index is 356. The molecule has 0 atom stereocenters. The highest BCUT2D eigenvalue weighted by molar-refractivity contribution is 7.08. The molecule has 0 aliphatic heterocycles. The molecule has 0 saturated carbocycles. The Morgan fingerprint density at radius 3 is 2.50 bits per heavy atom. The van der Waals surface area contributed by atoms with Gasteiger partial charge in [-0.1, -0.05) is 13.8 Å². The molecule has 16 heavy (non-hydrogen) atoms. The number of nitrogens with one attached hydrogen (secondary N) is 1. The van der Waals surface area contributed by atoms with Crippen LogP contribution in [0.1, 0.15) is 37.8 Å². The molecule has 1 aromatic rings. The predicted octanol–water partition coefficient (Wildman–Crippen LogP) is 2.19. The van der Waals surface area contributed by atoms with E-state index in [-0.39, 0.29) is 5.91 Å². The van der Waals surface area contributed by atoms with E-state index in [1.807, 2.05) is 20.8 Å². The number of amides is 1. The average Bonchev–Trinajstić information content (AvgIpc) is 2.70. The summed E-state index contributed by atoms with van der Waals surface area (Å²) < 4.78 is 0. The van der Waals surface area contributed by atoms with E-state index >= 15 is 0 Å². The lowest BCUT2D eigenvalue weighted by molar-refractivity contribution is -0.126. The zero-order chi connectivity index (χ0) is 12.2. The van der Waals surface area contributed by atoms with Gasteiger partial charge in [-0.2, -0.15) is 11.3 Å². The van der Waals surface area contributed by atoms with Crippen LogP contribution in [0.3, 0.4) is 0 Å². The molecule has 0 bridgehead atoms. The van der Waals surface area contributed by atoms with Crippen molar-refractivity contribution in [2.75, 3.05) is 0 Å². The number of carbonyl (C=O) groups is 1. The maximum Gasteiger partial charge on any atom is 0.240 e. The highest BCUT2D eigenvalue weighted by Crippen LogP contribution is 2.15. The fourth-order valence-corrected chi connectivity index (χ4v) is 2.35. The zero-order valence-corrected chi connectivity index (χ0v) is 11.0. The molecule has 90 valence electrons. The molecule has 0 spiro atoms. The smallest absolute Gasteiger partial charge is 0.240 e. The molecule has 0 fully saturated rings. The number of hydrogen-bond donors (Lipinski definition) is 2. The van der Waals surface area contributed by atoms with E-state index in [1.165, 1.54) is 11.1 Å². The first-order valence-electron chi connectivity index (χ1n) is 5.62. The number of rotatable bonds is 5. The Hall–Kier alpha value is -0.870. The van der Waals surface area contributed by atoms with Gasteiger partial charge in [-0.15, -0.1) is 0 Å². The highest BCUT2D eigenvalue weighted by atomic mass is 32.1. The van der Waals surface area contributed by atoms with Crippen LogP contribution in [0.15, 0.2) is 10.8 Å². The summed E-state index contributed by atoms with van der Waals surface area (Å²) in [6, 6.07) is 0. The standard InChI is InChI=1S/C12H20N2OS/c1-4-12(13,5-2)11(15)14-6-10-8-16-7-9(10)3/h7-8H,4-6,13H2,1-3H3,(H,14,15). The first kappa shape index (κ1) is 13.2. The van der Waals surface area contributed by atoms with Crippen molar-refractivity contribution in [3.8, 4) is 0 Å². The average molecular weight is 240 g/mol. The molecular weight excluding hydrogens is 220 g/mol. The third-order valence-corrected chi connectivity index (χ3v) is 4.03. The fraction of sp³-hybridized carbons (Fsp3) is 0.583. The van der Waals surface area contributed by atoms with Gasteiger partial charge >= 0.3 is 0 Å². The van der Waals surface area contributed by atoms with Crippen LogP contribution in [-0.2, 0) is 11.3 Å². The number of thiophene rings is 1. The van der Waals surface area contributed by atoms with Crippen LogP contribution in [0.4, 0.5) is 0 Å².